The van der Waals surface area contributed by atoms with Crippen LogP contribution in [0.4, 0.5) is 0 Å². The standard InChI is InChI=1S/C6H13NO2/c1-7-4-3-6(5-8)9-2/h5-7H,3-4H2,1-2H3. The predicted octanol–water partition coefficient (Wildman–Crippen LogP) is -0.190. The molecular formula is C6H13NO2. The summed E-state index contributed by atoms with van der Waals surface area (Å²) in [4.78, 5) is 10.1. The average Bonchev–Trinajstić information content (AvgIpc) is 1.91. The molecule has 1 unspecified atom stereocenters. The maximum atomic E-state index is 10.1. The largest absolute Gasteiger partial charge is 0.374 e. The van der Waals surface area contributed by atoms with Crippen LogP contribution in [0, 0.1) is 0 Å². The molecular weight excluding hydrogens is 118 g/mol. The zero-order valence-corrected chi connectivity index (χ0v) is 5.89. The van der Waals surface area contributed by atoms with Gasteiger partial charge in [0.2, 0.25) is 0 Å². The highest BCUT2D eigenvalue weighted by atomic mass is 16.5. The maximum absolute atomic E-state index is 10.1. The number of carbonyl (C=O) groups excluding carboxylic acids is 1. The molecule has 0 aromatic rings. The second-order valence-electron chi connectivity index (χ2n) is 1.80. The fourth-order valence-electron chi connectivity index (χ4n) is 0.528. The molecule has 1 atom stereocenters. The zero-order chi connectivity index (χ0) is 7.11. The summed E-state index contributed by atoms with van der Waals surface area (Å²) >= 11 is 0. The van der Waals surface area contributed by atoms with Crippen LogP contribution in [0.3, 0.4) is 0 Å². The third-order valence-corrected chi connectivity index (χ3v) is 1.13. The van der Waals surface area contributed by atoms with Gasteiger partial charge in [0.15, 0.2) is 0 Å². The first kappa shape index (κ1) is 8.59. The van der Waals surface area contributed by atoms with E-state index in [0.717, 1.165) is 19.3 Å². The summed E-state index contributed by atoms with van der Waals surface area (Å²) in [5.41, 5.74) is 0. The Morgan fingerprint density at radius 3 is 2.78 bits per heavy atom. The minimum Gasteiger partial charge on any atom is -0.374 e. The highest BCUT2D eigenvalue weighted by Gasteiger charge is 2.01. The molecule has 54 valence electrons. The molecule has 0 saturated carbocycles. The quantitative estimate of drug-likeness (QED) is 0.525. The number of rotatable bonds is 5. The molecule has 0 spiro atoms. The normalized spacial score (nSPS) is 13.1. The van der Waals surface area contributed by atoms with Crippen molar-refractivity contribution < 1.29 is 9.53 Å². The molecule has 3 heteroatoms. The minimum absolute atomic E-state index is 0.238. The minimum atomic E-state index is -0.238. The van der Waals surface area contributed by atoms with Crippen molar-refractivity contribution >= 4 is 6.29 Å². The second-order valence-corrected chi connectivity index (χ2v) is 1.80. The highest BCUT2D eigenvalue weighted by molar-refractivity contribution is 5.55. The summed E-state index contributed by atoms with van der Waals surface area (Å²) in [6, 6.07) is 0. The molecule has 0 aliphatic rings. The van der Waals surface area contributed by atoms with E-state index in [2.05, 4.69) is 5.32 Å². The van der Waals surface area contributed by atoms with Gasteiger partial charge in [0.25, 0.3) is 0 Å². The zero-order valence-electron chi connectivity index (χ0n) is 5.89. The van der Waals surface area contributed by atoms with Gasteiger partial charge in [0.05, 0.1) is 0 Å². The van der Waals surface area contributed by atoms with E-state index in [9.17, 15) is 4.79 Å². The van der Waals surface area contributed by atoms with Gasteiger partial charge in [0.1, 0.15) is 12.4 Å². The van der Waals surface area contributed by atoms with Crippen molar-refractivity contribution in [1.29, 1.82) is 0 Å². The Bertz CT molecular complexity index is 75.5. The number of aldehydes is 1. The Morgan fingerprint density at radius 1 is 1.78 bits per heavy atom. The van der Waals surface area contributed by atoms with Gasteiger partial charge in [0, 0.05) is 7.11 Å². The second kappa shape index (κ2) is 5.72. The van der Waals surface area contributed by atoms with Crippen LogP contribution < -0.4 is 5.32 Å². The van der Waals surface area contributed by atoms with Gasteiger partial charge in [-0.25, -0.2) is 0 Å². The van der Waals surface area contributed by atoms with Crippen molar-refractivity contribution in [2.24, 2.45) is 0 Å². The van der Waals surface area contributed by atoms with Gasteiger partial charge in [-0.1, -0.05) is 0 Å². The lowest BCUT2D eigenvalue weighted by Gasteiger charge is -2.05. The Labute approximate surface area is 55.4 Å². The molecule has 0 rings (SSSR count). The Hall–Kier alpha value is -0.410. The lowest BCUT2D eigenvalue weighted by Crippen LogP contribution is -2.19. The predicted molar refractivity (Wildman–Crippen MR) is 35.4 cm³/mol. The highest BCUT2D eigenvalue weighted by Crippen LogP contribution is 1.89. The van der Waals surface area contributed by atoms with Crippen LogP contribution >= 0.6 is 0 Å². The van der Waals surface area contributed by atoms with E-state index in [4.69, 9.17) is 4.74 Å². The lowest BCUT2D eigenvalue weighted by molar-refractivity contribution is -0.116. The van der Waals surface area contributed by atoms with Crippen LogP contribution in [0.1, 0.15) is 6.42 Å². The Morgan fingerprint density at radius 2 is 2.44 bits per heavy atom. The first-order valence-electron chi connectivity index (χ1n) is 2.97. The molecule has 0 bridgehead atoms. The molecule has 0 fully saturated rings. The molecule has 0 aromatic heterocycles. The summed E-state index contributed by atoms with van der Waals surface area (Å²) in [6.45, 7) is 0.817. The van der Waals surface area contributed by atoms with Crippen LogP contribution in [0.5, 0.6) is 0 Å². The van der Waals surface area contributed by atoms with Crippen molar-refractivity contribution in [3.05, 3.63) is 0 Å². The van der Waals surface area contributed by atoms with Gasteiger partial charge in [-0.3, -0.25) is 0 Å². The van der Waals surface area contributed by atoms with Gasteiger partial charge in [-0.2, -0.15) is 0 Å². The summed E-state index contributed by atoms with van der Waals surface area (Å²) in [5, 5.41) is 2.93. The summed E-state index contributed by atoms with van der Waals surface area (Å²) in [5.74, 6) is 0. The van der Waals surface area contributed by atoms with Crippen molar-refractivity contribution in [3.63, 3.8) is 0 Å². The fourth-order valence-corrected chi connectivity index (χ4v) is 0.528. The maximum Gasteiger partial charge on any atom is 0.148 e. The first-order valence-corrected chi connectivity index (χ1v) is 2.97. The summed E-state index contributed by atoms with van der Waals surface area (Å²) in [6.07, 6.45) is 1.32. The van der Waals surface area contributed by atoms with E-state index in [1.165, 1.54) is 7.11 Å². The topological polar surface area (TPSA) is 38.3 Å². The number of hydrogen-bond acceptors (Lipinski definition) is 3. The first-order chi connectivity index (χ1) is 4.35. The molecule has 3 nitrogen and oxygen atoms in total. The van der Waals surface area contributed by atoms with Crippen LogP contribution in [-0.2, 0) is 9.53 Å². The third kappa shape index (κ3) is 4.12. The van der Waals surface area contributed by atoms with Crippen LogP contribution in [0.25, 0.3) is 0 Å². The number of hydrogen-bond donors (Lipinski definition) is 1. The average molecular weight is 131 g/mol. The summed E-state index contributed by atoms with van der Waals surface area (Å²) in [7, 11) is 3.38. The molecule has 0 aliphatic heterocycles. The number of methoxy groups -OCH3 is 1. The van der Waals surface area contributed by atoms with Crippen LogP contribution in [0.2, 0.25) is 0 Å². The van der Waals surface area contributed by atoms with Crippen molar-refractivity contribution in [2.75, 3.05) is 20.7 Å². The van der Waals surface area contributed by atoms with E-state index in [1.807, 2.05) is 7.05 Å². The third-order valence-electron chi connectivity index (χ3n) is 1.13. The van der Waals surface area contributed by atoms with Gasteiger partial charge < -0.3 is 14.8 Å². The van der Waals surface area contributed by atoms with Crippen molar-refractivity contribution in [1.82, 2.24) is 5.32 Å². The number of nitrogens with one attached hydrogen (secondary N) is 1. The fraction of sp³-hybridized carbons (Fsp3) is 0.833. The molecule has 9 heavy (non-hydrogen) atoms. The van der Waals surface area contributed by atoms with Crippen LogP contribution in [-0.4, -0.2) is 33.1 Å². The van der Waals surface area contributed by atoms with E-state index in [1.54, 1.807) is 0 Å². The summed E-state index contributed by atoms with van der Waals surface area (Å²) < 4.78 is 4.79. The molecule has 0 radical (unpaired) electrons. The van der Waals surface area contributed by atoms with E-state index < -0.39 is 0 Å². The van der Waals surface area contributed by atoms with Gasteiger partial charge >= 0.3 is 0 Å². The van der Waals surface area contributed by atoms with Crippen molar-refractivity contribution in [3.8, 4) is 0 Å². The van der Waals surface area contributed by atoms with Crippen LogP contribution in [0.15, 0.2) is 0 Å². The number of ether oxygens (including phenoxy) is 1. The smallest absolute Gasteiger partial charge is 0.148 e. The Kier molecular flexibility index (Phi) is 5.46. The van der Waals surface area contributed by atoms with E-state index >= 15 is 0 Å². The van der Waals surface area contributed by atoms with E-state index in [0.29, 0.717) is 0 Å². The van der Waals surface area contributed by atoms with Gasteiger partial charge in [-0.05, 0) is 20.0 Å². The molecule has 0 heterocycles. The monoisotopic (exact) mass is 131 g/mol. The molecule has 0 saturated heterocycles. The van der Waals surface area contributed by atoms with Crippen molar-refractivity contribution in [2.45, 2.75) is 12.5 Å². The van der Waals surface area contributed by atoms with E-state index in [-0.39, 0.29) is 6.10 Å². The Balaban J connectivity index is 3.20. The molecule has 0 aliphatic carbocycles. The molecule has 0 amide bonds. The lowest BCUT2D eigenvalue weighted by atomic mass is 10.3. The van der Waals surface area contributed by atoms with Gasteiger partial charge in [-0.15, -0.1) is 0 Å². The number of carbonyl (C=O) groups is 1. The molecule has 0 aromatic carbocycles. The SMILES string of the molecule is CNCCC(C=O)OC. The molecule has 1 N–H and O–H groups in total.